The van der Waals surface area contributed by atoms with Crippen LogP contribution in [0.3, 0.4) is 0 Å². The number of phosphoric acid groups is 1. The van der Waals surface area contributed by atoms with Crippen molar-refractivity contribution < 1.29 is 42.1 Å². The van der Waals surface area contributed by atoms with Crippen LogP contribution in [-0.4, -0.2) is 70.0 Å². The van der Waals surface area contributed by atoms with Gasteiger partial charge in [0, 0.05) is 12.8 Å². The molecule has 0 saturated carbocycles. The van der Waals surface area contributed by atoms with Gasteiger partial charge in [0.15, 0.2) is 6.10 Å². The lowest BCUT2D eigenvalue weighted by atomic mass is 10.0. The van der Waals surface area contributed by atoms with Crippen LogP contribution in [0, 0.1) is 0 Å². The Kier molecular flexibility index (Phi) is 40.8. The zero-order chi connectivity index (χ0) is 43.6. The van der Waals surface area contributed by atoms with Crippen LogP contribution in [0.4, 0.5) is 0 Å². The number of quaternary nitrogens is 1. The topological polar surface area (TPSA) is 111 Å². The molecule has 59 heavy (non-hydrogen) atoms. The molecular formula is C49H94NO8P. The van der Waals surface area contributed by atoms with Gasteiger partial charge in [0.05, 0.1) is 27.7 Å². The molecule has 0 bridgehead atoms. The van der Waals surface area contributed by atoms with E-state index in [9.17, 15) is 19.0 Å². The molecule has 0 rings (SSSR count). The maximum absolute atomic E-state index is 12.7. The summed E-state index contributed by atoms with van der Waals surface area (Å²) in [4.78, 5) is 37.5. The molecule has 2 atom stereocenters. The third-order valence-corrected chi connectivity index (χ3v) is 11.7. The quantitative estimate of drug-likeness (QED) is 0.0196. The number of hydrogen-bond acceptors (Lipinski definition) is 8. The number of unbranched alkanes of at least 4 members (excludes halogenated alkanes) is 27. The second kappa shape index (κ2) is 41.8. The Morgan fingerprint density at radius 1 is 0.508 bits per heavy atom. The van der Waals surface area contributed by atoms with Gasteiger partial charge in [0.25, 0.3) is 7.82 Å². The van der Waals surface area contributed by atoms with Crippen LogP contribution in [0.5, 0.6) is 0 Å². The Hall–Kier alpha value is -1.51. The smallest absolute Gasteiger partial charge is 0.306 e. The number of ether oxygens (including phenoxy) is 2. The predicted molar refractivity (Wildman–Crippen MR) is 245 cm³/mol. The van der Waals surface area contributed by atoms with E-state index in [1.54, 1.807) is 0 Å². The van der Waals surface area contributed by atoms with Gasteiger partial charge in [-0.1, -0.05) is 179 Å². The number of esters is 2. The molecule has 0 aliphatic rings. The van der Waals surface area contributed by atoms with E-state index < -0.39 is 32.5 Å². The summed E-state index contributed by atoms with van der Waals surface area (Å²) in [5, 5.41) is 0. The van der Waals surface area contributed by atoms with Gasteiger partial charge in [-0.2, -0.15) is 0 Å². The Bertz CT molecular complexity index is 1060. The monoisotopic (exact) mass is 856 g/mol. The van der Waals surface area contributed by atoms with E-state index in [4.69, 9.17) is 18.5 Å². The number of rotatable bonds is 45. The second-order valence-electron chi connectivity index (χ2n) is 17.8. The summed E-state index contributed by atoms with van der Waals surface area (Å²) in [7, 11) is 1.15. The molecular weight excluding hydrogens is 762 g/mol. The summed E-state index contributed by atoms with van der Waals surface area (Å²) in [6.07, 6.45) is 46.6. The Balaban J connectivity index is 4.21. The first-order valence-electron chi connectivity index (χ1n) is 24.5. The van der Waals surface area contributed by atoms with Crippen molar-refractivity contribution in [2.45, 2.75) is 232 Å². The predicted octanol–water partition coefficient (Wildman–Crippen LogP) is 13.7. The molecule has 0 amide bonds. The lowest BCUT2D eigenvalue weighted by molar-refractivity contribution is -0.870. The van der Waals surface area contributed by atoms with Crippen LogP contribution in [0.2, 0.25) is 0 Å². The van der Waals surface area contributed by atoms with Gasteiger partial charge in [-0.15, -0.1) is 0 Å². The first kappa shape index (κ1) is 57.5. The zero-order valence-electron chi connectivity index (χ0n) is 39.2. The summed E-state index contributed by atoms with van der Waals surface area (Å²) < 4.78 is 33.9. The fourth-order valence-corrected chi connectivity index (χ4v) is 7.56. The largest absolute Gasteiger partial charge is 0.756 e. The van der Waals surface area contributed by atoms with E-state index in [2.05, 4.69) is 38.2 Å². The minimum Gasteiger partial charge on any atom is -0.756 e. The Morgan fingerprint density at radius 3 is 1.34 bits per heavy atom. The first-order chi connectivity index (χ1) is 28.5. The summed E-state index contributed by atoms with van der Waals surface area (Å²) in [5.41, 5.74) is 0. The molecule has 0 aromatic heterocycles. The minimum absolute atomic E-state index is 0.0347. The number of carbonyl (C=O) groups is 2. The van der Waals surface area contributed by atoms with E-state index in [1.807, 2.05) is 21.1 Å². The van der Waals surface area contributed by atoms with Gasteiger partial charge in [0.1, 0.15) is 19.8 Å². The third-order valence-electron chi connectivity index (χ3n) is 10.7. The first-order valence-corrected chi connectivity index (χ1v) is 26.0. The SMILES string of the molecule is CCCCC/C=C/CCCCCCCC(=O)O[C@@H](COC(=O)CCC/C=C/CCCCCCCCCCCCCCCCCCCC)COP(=O)([O-])OCC[N+](C)(C)C. The highest BCUT2D eigenvalue weighted by Gasteiger charge is 2.21. The fourth-order valence-electron chi connectivity index (χ4n) is 6.83. The van der Waals surface area contributed by atoms with Crippen LogP contribution in [0.1, 0.15) is 226 Å². The highest BCUT2D eigenvalue weighted by Crippen LogP contribution is 2.38. The van der Waals surface area contributed by atoms with Crippen molar-refractivity contribution in [3.63, 3.8) is 0 Å². The van der Waals surface area contributed by atoms with E-state index in [-0.39, 0.29) is 26.1 Å². The summed E-state index contributed by atoms with van der Waals surface area (Å²) in [6.45, 7) is 4.19. The average Bonchev–Trinajstić information content (AvgIpc) is 3.19. The summed E-state index contributed by atoms with van der Waals surface area (Å²) >= 11 is 0. The molecule has 0 fully saturated rings. The molecule has 10 heteroatoms. The number of likely N-dealkylation sites (N-methyl/N-ethyl adjacent to an activating group) is 1. The molecule has 0 aliphatic carbocycles. The molecule has 0 N–H and O–H groups in total. The van der Waals surface area contributed by atoms with Gasteiger partial charge in [0.2, 0.25) is 0 Å². The van der Waals surface area contributed by atoms with Crippen LogP contribution in [0.25, 0.3) is 0 Å². The molecule has 9 nitrogen and oxygen atoms in total. The van der Waals surface area contributed by atoms with Crippen molar-refractivity contribution in [1.29, 1.82) is 0 Å². The van der Waals surface area contributed by atoms with Crippen LogP contribution in [0.15, 0.2) is 24.3 Å². The van der Waals surface area contributed by atoms with Crippen molar-refractivity contribution in [2.75, 3.05) is 47.5 Å². The number of carbonyl (C=O) groups excluding carboxylic acids is 2. The lowest BCUT2D eigenvalue weighted by Gasteiger charge is -2.28. The minimum atomic E-state index is -4.63. The van der Waals surface area contributed by atoms with Crippen molar-refractivity contribution in [3.05, 3.63) is 24.3 Å². The van der Waals surface area contributed by atoms with Gasteiger partial charge < -0.3 is 27.9 Å². The van der Waals surface area contributed by atoms with Crippen LogP contribution >= 0.6 is 7.82 Å². The molecule has 0 spiro atoms. The Morgan fingerprint density at radius 2 is 0.881 bits per heavy atom. The highest BCUT2D eigenvalue weighted by atomic mass is 31.2. The molecule has 348 valence electrons. The maximum atomic E-state index is 12.7. The molecule has 0 aromatic rings. The molecule has 0 aliphatic heterocycles. The van der Waals surface area contributed by atoms with Crippen LogP contribution < -0.4 is 4.89 Å². The van der Waals surface area contributed by atoms with Gasteiger partial charge >= 0.3 is 11.9 Å². The molecule has 0 aromatic carbocycles. The second-order valence-corrected chi connectivity index (χ2v) is 19.2. The molecule has 0 heterocycles. The van der Waals surface area contributed by atoms with E-state index in [0.29, 0.717) is 23.9 Å². The summed E-state index contributed by atoms with van der Waals surface area (Å²) in [5.74, 6) is -0.875. The lowest BCUT2D eigenvalue weighted by Crippen LogP contribution is -2.37. The van der Waals surface area contributed by atoms with Crippen molar-refractivity contribution >= 4 is 19.8 Å². The number of nitrogens with zero attached hydrogens (tertiary/aromatic N) is 1. The molecule has 0 radical (unpaired) electrons. The number of allylic oxidation sites excluding steroid dienone is 4. The standard InChI is InChI=1S/C49H94NO8P/c1-6-8-10-12-14-16-18-20-21-22-23-24-25-26-27-28-29-30-32-33-35-37-39-41-48(51)55-45-47(46-57-59(53,54)56-44-43-50(3,4)5)58-49(52)42-40-38-36-34-31-19-17-15-13-11-9-7-2/h15,17,33,35,47H,6-14,16,18-32,34,36-46H2,1-5H3/b17-15+,35-33+/t47-/m0/s1. The van der Waals surface area contributed by atoms with Crippen molar-refractivity contribution in [1.82, 2.24) is 0 Å². The molecule has 0 saturated heterocycles. The summed E-state index contributed by atoms with van der Waals surface area (Å²) in [6, 6.07) is 0. The van der Waals surface area contributed by atoms with E-state index in [0.717, 1.165) is 51.4 Å². The van der Waals surface area contributed by atoms with Gasteiger partial charge in [-0.3, -0.25) is 14.2 Å². The number of phosphoric ester groups is 1. The van der Waals surface area contributed by atoms with Crippen molar-refractivity contribution in [3.8, 4) is 0 Å². The van der Waals surface area contributed by atoms with E-state index >= 15 is 0 Å². The third kappa shape index (κ3) is 45.8. The van der Waals surface area contributed by atoms with E-state index in [1.165, 1.54) is 135 Å². The number of hydrogen-bond donors (Lipinski definition) is 0. The Labute approximate surface area is 364 Å². The highest BCUT2D eigenvalue weighted by molar-refractivity contribution is 7.45. The van der Waals surface area contributed by atoms with Crippen LogP contribution in [-0.2, 0) is 32.7 Å². The fraction of sp³-hybridized carbons (Fsp3) is 0.878. The van der Waals surface area contributed by atoms with Crippen molar-refractivity contribution in [2.24, 2.45) is 0 Å². The zero-order valence-corrected chi connectivity index (χ0v) is 40.1. The average molecular weight is 856 g/mol. The van der Waals surface area contributed by atoms with Gasteiger partial charge in [-0.05, 0) is 57.8 Å². The normalized spacial score (nSPS) is 13.7. The van der Waals surface area contributed by atoms with Gasteiger partial charge in [-0.25, -0.2) is 0 Å². The maximum Gasteiger partial charge on any atom is 0.306 e. The molecule has 1 unspecified atom stereocenters.